The Hall–Kier alpha value is -2.30. The van der Waals surface area contributed by atoms with Crippen molar-refractivity contribution in [1.29, 1.82) is 0 Å². The molecule has 1 N–H and O–H groups in total. The van der Waals surface area contributed by atoms with Crippen molar-refractivity contribution in [2.75, 3.05) is 5.32 Å². The molecule has 1 aromatic heterocycles. The first-order valence-corrected chi connectivity index (χ1v) is 7.27. The van der Waals surface area contributed by atoms with Gasteiger partial charge in [0.1, 0.15) is 0 Å². The van der Waals surface area contributed by atoms with E-state index >= 15 is 0 Å². The average molecular weight is 332 g/mol. The molecule has 22 heavy (non-hydrogen) atoms. The van der Waals surface area contributed by atoms with Crippen LogP contribution in [0.1, 0.15) is 10.4 Å². The first kappa shape index (κ1) is 14.6. The Kier molecular flexibility index (Phi) is 4.13. The van der Waals surface area contributed by atoms with Gasteiger partial charge in [0.2, 0.25) is 0 Å². The van der Waals surface area contributed by atoms with Crippen LogP contribution >= 0.6 is 23.2 Å². The maximum Gasteiger partial charge on any atom is 0.258 e. The van der Waals surface area contributed by atoms with Gasteiger partial charge in [-0.15, -0.1) is 0 Å². The number of para-hydroxylation sites is 2. The first-order valence-electron chi connectivity index (χ1n) is 6.51. The van der Waals surface area contributed by atoms with Gasteiger partial charge in [0.25, 0.3) is 5.91 Å². The lowest BCUT2D eigenvalue weighted by Crippen LogP contribution is -2.15. The Balaban J connectivity index is 1.96. The molecule has 0 saturated carbocycles. The Labute approximate surface area is 137 Å². The van der Waals surface area contributed by atoms with Crippen LogP contribution in [0.2, 0.25) is 10.0 Å². The number of aromatic nitrogens is 2. The number of rotatable bonds is 3. The molecule has 3 rings (SSSR count). The van der Waals surface area contributed by atoms with E-state index in [9.17, 15) is 4.79 Å². The molecule has 1 heterocycles. The highest BCUT2D eigenvalue weighted by Crippen LogP contribution is 2.26. The van der Waals surface area contributed by atoms with Crippen LogP contribution in [0.5, 0.6) is 0 Å². The molecular weight excluding hydrogens is 321 g/mol. The van der Waals surface area contributed by atoms with Crippen LogP contribution in [0.3, 0.4) is 0 Å². The number of nitrogens with zero attached hydrogens (tertiary/aromatic N) is 2. The van der Waals surface area contributed by atoms with E-state index in [1.54, 1.807) is 41.3 Å². The summed E-state index contributed by atoms with van der Waals surface area (Å²) >= 11 is 12.1. The van der Waals surface area contributed by atoms with E-state index in [2.05, 4.69) is 10.4 Å². The van der Waals surface area contributed by atoms with Crippen LogP contribution < -0.4 is 5.32 Å². The zero-order chi connectivity index (χ0) is 15.5. The van der Waals surface area contributed by atoms with E-state index in [4.69, 9.17) is 23.2 Å². The van der Waals surface area contributed by atoms with Crippen LogP contribution in [0.25, 0.3) is 5.69 Å². The lowest BCUT2D eigenvalue weighted by Gasteiger charge is -2.12. The van der Waals surface area contributed by atoms with Gasteiger partial charge in [0.05, 0.1) is 27.0 Å². The fourth-order valence-corrected chi connectivity index (χ4v) is 2.66. The van der Waals surface area contributed by atoms with Crippen LogP contribution in [0, 0.1) is 0 Å². The van der Waals surface area contributed by atoms with Gasteiger partial charge in [-0.25, -0.2) is 4.68 Å². The predicted molar refractivity (Wildman–Crippen MR) is 88.0 cm³/mol. The van der Waals surface area contributed by atoms with Gasteiger partial charge >= 0.3 is 0 Å². The van der Waals surface area contributed by atoms with Crippen molar-refractivity contribution in [1.82, 2.24) is 9.78 Å². The van der Waals surface area contributed by atoms with Gasteiger partial charge in [-0.2, -0.15) is 5.10 Å². The van der Waals surface area contributed by atoms with E-state index in [0.29, 0.717) is 15.7 Å². The van der Waals surface area contributed by atoms with Crippen molar-refractivity contribution in [2.45, 2.75) is 0 Å². The average Bonchev–Trinajstić information content (AvgIpc) is 3.01. The van der Waals surface area contributed by atoms with E-state index in [1.165, 1.54) is 0 Å². The van der Waals surface area contributed by atoms with Crippen LogP contribution in [0.15, 0.2) is 60.9 Å². The maximum atomic E-state index is 12.5. The maximum absolute atomic E-state index is 12.5. The highest BCUT2D eigenvalue weighted by Gasteiger charge is 2.16. The molecule has 0 aliphatic carbocycles. The third kappa shape index (κ3) is 2.84. The van der Waals surface area contributed by atoms with Crippen LogP contribution in [-0.2, 0) is 0 Å². The molecule has 6 heteroatoms. The number of hydrogen-bond acceptors (Lipinski definition) is 2. The van der Waals surface area contributed by atoms with E-state index in [0.717, 1.165) is 5.69 Å². The monoisotopic (exact) mass is 331 g/mol. The molecule has 0 saturated heterocycles. The number of anilines is 1. The summed E-state index contributed by atoms with van der Waals surface area (Å²) in [7, 11) is 0. The summed E-state index contributed by atoms with van der Waals surface area (Å²) < 4.78 is 1.67. The topological polar surface area (TPSA) is 46.9 Å². The lowest BCUT2D eigenvalue weighted by molar-refractivity contribution is 0.102. The fourth-order valence-electron chi connectivity index (χ4n) is 2.09. The van der Waals surface area contributed by atoms with Gasteiger partial charge in [-0.05, 0) is 30.3 Å². The Morgan fingerprint density at radius 3 is 2.41 bits per heavy atom. The van der Waals surface area contributed by atoms with Gasteiger partial charge in [0, 0.05) is 12.4 Å². The number of halogens is 2. The third-order valence-corrected chi connectivity index (χ3v) is 3.72. The minimum absolute atomic E-state index is 0.251. The van der Waals surface area contributed by atoms with Gasteiger partial charge in [0.15, 0.2) is 0 Å². The molecule has 0 spiro atoms. The minimum atomic E-state index is -0.366. The highest BCUT2D eigenvalue weighted by atomic mass is 35.5. The smallest absolute Gasteiger partial charge is 0.258 e. The molecular formula is C16H11Cl2N3O. The minimum Gasteiger partial charge on any atom is -0.320 e. The first-order chi connectivity index (χ1) is 10.7. The second kappa shape index (κ2) is 6.22. The molecule has 3 aromatic rings. The van der Waals surface area contributed by atoms with E-state index in [-0.39, 0.29) is 11.5 Å². The van der Waals surface area contributed by atoms with Crippen LogP contribution in [0.4, 0.5) is 5.69 Å². The van der Waals surface area contributed by atoms with E-state index < -0.39 is 0 Å². The predicted octanol–water partition coefficient (Wildman–Crippen LogP) is 4.43. The largest absolute Gasteiger partial charge is 0.320 e. The van der Waals surface area contributed by atoms with Gasteiger partial charge < -0.3 is 5.32 Å². The Morgan fingerprint density at radius 1 is 1.00 bits per heavy atom. The lowest BCUT2D eigenvalue weighted by atomic mass is 10.2. The number of carbonyl (C=O) groups is 1. The molecule has 0 atom stereocenters. The van der Waals surface area contributed by atoms with Crippen molar-refractivity contribution >= 4 is 34.8 Å². The van der Waals surface area contributed by atoms with Crippen molar-refractivity contribution in [3.8, 4) is 5.69 Å². The second-order valence-corrected chi connectivity index (χ2v) is 5.33. The zero-order valence-corrected chi connectivity index (χ0v) is 12.8. The number of carbonyl (C=O) groups excluding carboxylic acids is 1. The summed E-state index contributed by atoms with van der Waals surface area (Å²) in [5, 5.41) is 7.62. The molecule has 110 valence electrons. The summed E-state index contributed by atoms with van der Waals surface area (Å²) in [6.07, 6.45) is 3.47. The molecule has 0 bridgehead atoms. The molecule has 0 fully saturated rings. The molecule has 0 unspecified atom stereocenters. The SMILES string of the molecule is O=C(Nc1ccccc1-n1cccn1)c1c(Cl)cccc1Cl. The number of amides is 1. The summed E-state index contributed by atoms with van der Waals surface area (Å²) in [5.74, 6) is -0.366. The standard InChI is InChI=1S/C16H11Cl2N3O/c17-11-5-3-6-12(18)15(11)16(22)20-13-7-1-2-8-14(13)21-10-4-9-19-21/h1-10H,(H,20,22). The zero-order valence-electron chi connectivity index (χ0n) is 11.3. The normalized spacial score (nSPS) is 10.5. The van der Waals surface area contributed by atoms with Crippen LogP contribution in [-0.4, -0.2) is 15.7 Å². The van der Waals surface area contributed by atoms with Crippen molar-refractivity contribution in [3.05, 3.63) is 76.5 Å². The Bertz CT molecular complexity index is 796. The molecule has 0 aliphatic rings. The highest BCUT2D eigenvalue weighted by molar-refractivity contribution is 6.40. The summed E-state index contributed by atoms with van der Waals surface area (Å²) in [6, 6.07) is 14.1. The molecule has 0 aliphatic heterocycles. The van der Waals surface area contributed by atoms with Crippen molar-refractivity contribution in [2.24, 2.45) is 0 Å². The molecule has 0 radical (unpaired) electrons. The van der Waals surface area contributed by atoms with Gasteiger partial charge in [-0.1, -0.05) is 41.4 Å². The quantitative estimate of drug-likeness (QED) is 0.771. The van der Waals surface area contributed by atoms with Gasteiger partial charge in [-0.3, -0.25) is 4.79 Å². The molecule has 4 nitrogen and oxygen atoms in total. The number of benzene rings is 2. The Morgan fingerprint density at radius 2 is 1.73 bits per heavy atom. The van der Waals surface area contributed by atoms with Crippen molar-refractivity contribution in [3.63, 3.8) is 0 Å². The summed E-state index contributed by atoms with van der Waals surface area (Å²) in [6.45, 7) is 0. The number of nitrogens with one attached hydrogen (secondary N) is 1. The molecule has 2 aromatic carbocycles. The molecule has 1 amide bonds. The second-order valence-electron chi connectivity index (χ2n) is 4.52. The number of hydrogen-bond donors (Lipinski definition) is 1. The third-order valence-electron chi connectivity index (χ3n) is 3.09. The summed E-state index contributed by atoms with van der Waals surface area (Å²) in [5.41, 5.74) is 1.62. The fraction of sp³-hybridized carbons (Fsp3) is 0. The van der Waals surface area contributed by atoms with Crippen molar-refractivity contribution < 1.29 is 4.79 Å². The van der Waals surface area contributed by atoms with E-state index in [1.807, 2.05) is 24.3 Å². The summed E-state index contributed by atoms with van der Waals surface area (Å²) in [4.78, 5) is 12.5.